The van der Waals surface area contributed by atoms with Gasteiger partial charge in [-0.3, -0.25) is 0 Å². The lowest BCUT2D eigenvalue weighted by Crippen LogP contribution is -2.22. The topological polar surface area (TPSA) is 47.3 Å². The highest BCUT2D eigenvalue weighted by Crippen LogP contribution is 2.35. The van der Waals surface area contributed by atoms with Gasteiger partial charge in [0.05, 0.1) is 11.7 Å². The lowest BCUT2D eigenvalue weighted by atomic mass is 10.1. The van der Waals surface area contributed by atoms with E-state index in [1.54, 1.807) is 6.07 Å². The third-order valence-corrected chi connectivity index (χ3v) is 3.43. The van der Waals surface area contributed by atoms with Gasteiger partial charge in [0, 0.05) is 24.5 Å². The number of nitrogen functional groups attached to an aromatic ring is 1. The van der Waals surface area contributed by atoms with Crippen LogP contribution in [0.5, 0.6) is 0 Å². The number of hydrogen-bond acceptors (Lipinski definition) is 3. The molecule has 1 unspecified atom stereocenters. The monoisotopic (exact) mass is 288 g/mol. The molecule has 1 atom stereocenters. The van der Waals surface area contributed by atoms with Crippen molar-refractivity contribution in [3.63, 3.8) is 0 Å². The van der Waals surface area contributed by atoms with E-state index in [4.69, 9.17) is 10.5 Å². The van der Waals surface area contributed by atoms with Gasteiger partial charge in [0.1, 0.15) is 0 Å². The third-order valence-electron chi connectivity index (χ3n) is 3.43. The van der Waals surface area contributed by atoms with Crippen LogP contribution in [0.25, 0.3) is 0 Å². The van der Waals surface area contributed by atoms with Gasteiger partial charge in [0.25, 0.3) is 0 Å². The molecule has 1 aliphatic rings. The minimum Gasteiger partial charge on any atom is -0.398 e. The molecule has 1 fully saturated rings. The number of halogens is 3. The number of hydrogen-bond donors (Lipinski definition) is 2. The van der Waals surface area contributed by atoms with E-state index in [1.165, 1.54) is 6.07 Å². The van der Waals surface area contributed by atoms with Crippen molar-refractivity contribution in [3.05, 3.63) is 23.8 Å². The molecule has 3 nitrogen and oxygen atoms in total. The van der Waals surface area contributed by atoms with Crippen LogP contribution in [0.15, 0.2) is 18.2 Å². The highest BCUT2D eigenvalue weighted by molar-refractivity contribution is 5.58. The molecule has 1 aromatic carbocycles. The fourth-order valence-corrected chi connectivity index (χ4v) is 2.32. The Bertz CT molecular complexity index is 443. The van der Waals surface area contributed by atoms with Crippen molar-refractivity contribution in [2.75, 3.05) is 24.2 Å². The Kier molecular flexibility index (Phi) is 4.75. The summed E-state index contributed by atoms with van der Waals surface area (Å²) in [6, 6.07) is 3.89. The number of nitrogens with two attached hydrogens (primary N) is 1. The quantitative estimate of drug-likeness (QED) is 0.831. The summed E-state index contributed by atoms with van der Waals surface area (Å²) >= 11 is 0. The molecule has 1 saturated heterocycles. The summed E-state index contributed by atoms with van der Waals surface area (Å²) in [5.41, 5.74) is 4.74. The van der Waals surface area contributed by atoms with E-state index in [-0.39, 0.29) is 11.8 Å². The van der Waals surface area contributed by atoms with Gasteiger partial charge in [-0.05, 0) is 43.9 Å². The van der Waals surface area contributed by atoms with Crippen molar-refractivity contribution in [3.8, 4) is 0 Å². The van der Waals surface area contributed by atoms with E-state index < -0.39 is 11.7 Å². The number of nitrogens with one attached hydrogen (secondary N) is 1. The second kappa shape index (κ2) is 6.35. The van der Waals surface area contributed by atoms with Gasteiger partial charge in [0.15, 0.2) is 0 Å². The normalized spacial score (nSPS) is 19.9. The molecular formula is C14H19F3N2O. The molecule has 1 heterocycles. The zero-order valence-corrected chi connectivity index (χ0v) is 11.2. The Morgan fingerprint density at radius 2 is 2.10 bits per heavy atom. The van der Waals surface area contributed by atoms with Crippen LogP contribution in [0.4, 0.5) is 24.5 Å². The molecule has 1 aliphatic heterocycles. The fraction of sp³-hybridized carbons (Fsp3) is 0.571. The first-order chi connectivity index (χ1) is 9.47. The summed E-state index contributed by atoms with van der Waals surface area (Å²) in [6.45, 7) is 1.37. The first-order valence-corrected chi connectivity index (χ1v) is 6.79. The van der Waals surface area contributed by atoms with Crippen molar-refractivity contribution < 1.29 is 17.9 Å². The van der Waals surface area contributed by atoms with Crippen LogP contribution in [-0.4, -0.2) is 19.3 Å². The SMILES string of the molecule is Nc1ccc(NCCC2CCCCO2)cc1C(F)(F)F. The van der Waals surface area contributed by atoms with Crippen molar-refractivity contribution in [1.29, 1.82) is 0 Å². The first-order valence-electron chi connectivity index (χ1n) is 6.79. The number of alkyl halides is 3. The van der Waals surface area contributed by atoms with Crippen LogP contribution in [0.3, 0.4) is 0 Å². The highest BCUT2D eigenvalue weighted by Gasteiger charge is 2.33. The predicted octanol–water partition coefficient (Wildman–Crippen LogP) is 3.66. The number of benzene rings is 1. The number of ether oxygens (including phenoxy) is 1. The maximum absolute atomic E-state index is 12.7. The van der Waals surface area contributed by atoms with E-state index in [0.717, 1.165) is 38.4 Å². The lowest BCUT2D eigenvalue weighted by Gasteiger charge is -2.22. The van der Waals surface area contributed by atoms with E-state index >= 15 is 0 Å². The van der Waals surface area contributed by atoms with Crippen LogP contribution in [0.2, 0.25) is 0 Å². The zero-order chi connectivity index (χ0) is 14.6. The van der Waals surface area contributed by atoms with E-state index in [1.807, 2.05) is 0 Å². The Morgan fingerprint density at radius 1 is 1.30 bits per heavy atom. The number of anilines is 2. The fourth-order valence-electron chi connectivity index (χ4n) is 2.32. The molecule has 20 heavy (non-hydrogen) atoms. The second-order valence-electron chi connectivity index (χ2n) is 5.00. The van der Waals surface area contributed by atoms with Gasteiger partial charge >= 0.3 is 6.18 Å². The van der Waals surface area contributed by atoms with Crippen LogP contribution in [0, 0.1) is 0 Å². The molecule has 0 saturated carbocycles. The summed E-state index contributed by atoms with van der Waals surface area (Å²) in [7, 11) is 0. The Morgan fingerprint density at radius 3 is 2.75 bits per heavy atom. The van der Waals surface area contributed by atoms with Crippen molar-refractivity contribution in [2.45, 2.75) is 38.0 Å². The minimum absolute atomic E-state index is 0.215. The molecule has 2 rings (SSSR count). The smallest absolute Gasteiger partial charge is 0.398 e. The van der Waals surface area contributed by atoms with Crippen molar-refractivity contribution >= 4 is 11.4 Å². The molecule has 0 bridgehead atoms. The maximum Gasteiger partial charge on any atom is 0.418 e. The average molecular weight is 288 g/mol. The Balaban J connectivity index is 1.89. The standard InChI is InChI=1S/C14H19F3N2O/c15-14(16,17)12-9-10(4-5-13(12)18)19-7-6-11-3-1-2-8-20-11/h4-5,9,11,19H,1-3,6-8,18H2. The van der Waals surface area contributed by atoms with Crippen LogP contribution in [0.1, 0.15) is 31.2 Å². The molecule has 112 valence electrons. The van der Waals surface area contributed by atoms with Gasteiger partial charge < -0.3 is 15.8 Å². The average Bonchev–Trinajstić information content (AvgIpc) is 2.40. The lowest BCUT2D eigenvalue weighted by molar-refractivity contribution is -0.136. The van der Waals surface area contributed by atoms with Gasteiger partial charge in [-0.2, -0.15) is 13.2 Å². The van der Waals surface area contributed by atoms with Crippen LogP contribution in [-0.2, 0) is 10.9 Å². The van der Waals surface area contributed by atoms with Gasteiger partial charge in [-0.1, -0.05) is 0 Å². The largest absolute Gasteiger partial charge is 0.418 e. The molecule has 3 N–H and O–H groups in total. The van der Waals surface area contributed by atoms with Crippen LogP contribution < -0.4 is 11.1 Å². The third kappa shape index (κ3) is 4.03. The van der Waals surface area contributed by atoms with E-state index in [9.17, 15) is 13.2 Å². The maximum atomic E-state index is 12.7. The van der Waals surface area contributed by atoms with E-state index in [2.05, 4.69) is 5.32 Å². The molecule has 0 radical (unpaired) electrons. The van der Waals surface area contributed by atoms with Gasteiger partial charge in [0.2, 0.25) is 0 Å². The molecular weight excluding hydrogens is 269 g/mol. The summed E-state index contributed by atoms with van der Waals surface area (Å²) in [4.78, 5) is 0. The summed E-state index contributed by atoms with van der Waals surface area (Å²) in [6.07, 6.45) is -0.133. The first kappa shape index (κ1) is 15.0. The Labute approximate surface area is 116 Å². The molecule has 0 aromatic heterocycles. The Hall–Kier alpha value is -1.43. The number of rotatable bonds is 4. The predicted molar refractivity (Wildman–Crippen MR) is 72.6 cm³/mol. The zero-order valence-electron chi connectivity index (χ0n) is 11.2. The van der Waals surface area contributed by atoms with Crippen molar-refractivity contribution in [2.24, 2.45) is 0 Å². The summed E-state index contributed by atoms with van der Waals surface area (Å²) < 4.78 is 43.7. The molecule has 1 aromatic rings. The van der Waals surface area contributed by atoms with E-state index in [0.29, 0.717) is 12.2 Å². The summed E-state index contributed by atoms with van der Waals surface area (Å²) in [5, 5.41) is 3.00. The van der Waals surface area contributed by atoms with Crippen molar-refractivity contribution in [1.82, 2.24) is 0 Å². The second-order valence-corrected chi connectivity index (χ2v) is 5.00. The molecule has 6 heteroatoms. The minimum atomic E-state index is -4.42. The molecule has 0 aliphatic carbocycles. The molecule has 0 amide bonds. The van der Waals surface area contributed by atoms with Gasteiger partial charge in [-0.25, -0.2) is 0 Å². The molecule has 0 spiro atoms. The van der Waals surface area contributed by atoms with Crippen LogP contribution >= 0.6 is 0 Å². The van der Waals surface area contributed by atoms with Gasteiger partial charge in [-0.15, -0.1) is 0 Å². The summed E-state index contributed by atoms with van der Waals surface area (Å²) in [5.74, 6) is 0. The highest BCUT2D eigenvalue weighted by atomic mass is 19.4.